The van der Waals surface area contributed by atoms with E-state index in [2.05, 4.69) is 4.98 Å². The first-order valence-corrected chi connectivity index (χ1v) is 8.89. The van der Waals surface area contributed by atoms with E-state index in [4.69, 9.17) is 0 Å². The number of hydrogen-bond acceptors (Lipinski definition) is 3. The van der Waals surface area contributed by atoms with Crippen molar-refractivity contribution in [3.63, 3.8) is 0 Å². The number of aryl methyl sites for hydroxylation is 1. The van der Waals surface area contributed by atoms with E-state index >= 15 is 0 Å². The van der Waals surface area contributed by atoms with Crippen molar-refractivity contribution in [3.8, 4) is 0 Å². The van der Waals surface area contributed by atoms with E-state index in [9.17, 15) is 12.8 Å². The first-order chi connectivity index (χ1) is 11.4. The Kier molecular flexibility index (Phi) is 4.34. The maximum atomic E-state index is 13.8. The summed E-state index contributed by atoms with van der Waals surface area (Å²) >= 11 is 0. The van der Waals surface area contributed by atoms with Crippen molar-refractivity contribution in [1.29, 1.82) is 0 Å². The molecule has 0 unspecified atom stereocenters. The highest BCUT2D eigenvalue weighted by Crippen LogP contribution is 2.27. The quantitative estimate of drug-likeness (QED) is 0.728. The van der Waals surface area contributed by atoms with Crippen LogP contribution in [0.5, 0.6) is 0 Å². The first kappa shape index (κ1) is 16.5. The van der Waals surface area contributed by atoms with Gasteiger partial charge in [-0.15, -0.1) is 0 Å². The third-order valence-electron chi connectivity index (χ3n) is 3.97. The van der Waals surface area contributed by atoms with Crippen molar-refractivity contribution in [3.05, 3.63) is 71.7 Å². The zero-order chi connectivity index (χ0) is 17.3. The summed E-state index contributed by atoms with van der Waals surface area (Å²) in [5, 5.41) is 0.567. The molecule has 0 N–H and O–H groups in total. The monoisotopic (exact) mass is 344 g/mol. The lowest BCUT2D eigenvalue weighted by molar-refractivity contribution is 0.457. The van der Waals surface area contributed by atoms with Crippen molar-refractivity contribution >= 4 is 20.9 Å². The highest BCUT2D eigenvalue weighted by atomic mass is 32.2. The topological polar surface area (TPSA) is 50.3 Å². The summed E-state index contributed by atoms with van der Waals surface area (Å²) in [7, 11) is -2.32. The van der Waals surface area contributed by atoms with Gasteiger partial charge in [0.15, 0.2) is 0 Å². The number of nitrogens with zero attached hydrogens (tertiary/aromatic N) is 2. The van der Waals surface area contributed by atoms with Gasteiger partial charge in [-0.1, -0.05) is 24.3 Å². The molecular weight excluding hydrogens is 327 g/mol. The number of halogens is 1. The van der Waals surface area contributed by atoms with Gasteiger partial charge in [0.25, 0.3) is 0 Å². The molecule has 0 saturated carbocycles. The summed E-state index contributed by atoms with van der Waals surface area (Å²) in [4.78, 5) is 4.45. The highest BCUT2D eigenvalue weighted by Gasteiger charge is 2.24. The minimum atomic E-state index is -3.77. The van der Waals surface area contributed by atoms with Crippen molar-refractivity contribution in [2.45, 2.75) is 18.4 Å². The highest BCUT2D eigenvalue weighted by molar-refractivity contribution is 7.89. The number of aromatic nitrogens is 1. The second-order valence-corrected chi connectivity index (χ2v) is 7.65. The van der Waals surface area contributed by atoms with Crippen LogP contribution in [0.3, 0.4) is 0 Å². The zero-order valence-electron chi connectivity index (χ0n) is 13.4. The van der Waals surface area contributed by atoms with Crippen LogP contribution in [0.4, 0.5) is 4.39 Å². The average Bonchev–Trinajstić information content (AvgIpc) is 2.57. The molecule has 3 rings (SSSR count). The second-order valence-electron chi connectivity index (χ2n) is 5.63. The average molecular weight is 344 g/mol. The molecule has 0 spiro atoms. The molecule has 0 amide bonds. The first-order valence-electron chi connectivity index (χ1n) is 7.45. The van der Waals surface area contributed by atoms with E-state index in [0.717, 1.165) is 9.87 Å². The fourth-order valence-corrected chi connectivity index (χ4v) is 3.96. The van der Waals surface area contributed by atoms with E-state index < -0.39 is 15.8 Å². The van der Waals surface area contributed by atoms with Gasteiger partial charge in [-0.3, -0.25) is 4.98 Å². The number of rotatable bonds is 4. The number of pyridine rings is 1. The van der Waals surface area contributed by atoms with E-state index in [1.807, 2.05) is 6.92 Å². The van der Waals surface area contributed by atoms with Crippen LogP contribution >= 0.6 is 0 Å². The molecule has 24 heavy (non-hydrogen) atoms. The fraction of sp³-hybridized carbons (Fsp3) is 0.167. The summed E-state index contributed by atoms with van der Waals surface area (Å²) in [6.45, 7) is 1.85. The van der Waals surface area contributed by atoms with Crippen LogP contribution in [0.1, 0.15) is 11.1 Å². The van der Waals surface area contributed by atoms with Crippen LogP contribution in [0, 0.1) is 12.7 Å². The maximum Gasteiger partial charge on any atom is 0.243 e. The van der Waals surface area contributed by atoms with E-state index in [0.29, 0.717) is 16.5 Å². The number of fused-ring (bicyclic) bond motifs is 1. The molecule has 0 aliphatic heterocycles. The van der Waals surface area contributed by atoms with Crippen LogP contribution in [0.15, 0.2) is 59.6 Å². The minimum Gasteiger partial charge on any atom is -0.256 e. The van der Waals surface area contributed by atoms with Crippen LogP contribution in [-0.4, -0.2) is 24.8 Å². The van der Waals surface area contributed by atoms with Gasteiger partial charge in [0, 0.05) is 30.7 Å². The van der Waals surface area contributed by atoms with Gasteiger partial charge in [-0.2, -0.15) is 4.31 Å². The lowest BCUT2D eigenvalue weighted by Gasteiger charge is -2.19. The fourth-order valence-electron chi connectivity index (χ4n) is 2.63. The Bertz CT molecular complexity index is 1000. The largest absolute Gasteiger partial charge is 0.256 e. The van der Waals surface area contributed by atoms with Crippen LogP contribution < -0.4 is 0 Å². The summed E-state index contributed by atoms with van der Waals surface area (Å²) < 4.78 is 40.9. The molecule has 0 fully saturated rings. The summed E-state index contributed by atoms with van der Waals surface area (Å²) in [5.74, 6) is -0.421. The number of benzene rings is 2. The van der Waals surface area contributed by atoms with Crippen LogP contribution in [0.2, 0.25) is 0 Å². The predicted molar refractivity (Wildman–Crippen MR) is 91.5 cm³/mol. The van der Waals surface area contributed by atoms with Gasteiger partial charge in [0.1, 0.15) is 5.82 Å². The number of sulfonamides is 1. The molecule has 0 atom stereocenters. The van der Waals surface area contributed by atoms with Gasteiger partial charge in [0.05, 0.1) is 10.4 Å². The molecule has 0 aliphatic rings. The minimum absolute atomic E-state index is 0.0371. The predicted octanol–water partition coefficient (Wildman–Crippen LogP) is 3.50. The molecule has 3 aromatic rings. The molecular formula is C18H17FN2O2S. The standard InChI is InChI=1S/C18H17FN2O2S/c1-13-9-10-17(15-7-5-11-20-18(13)15)24(22,23)21(2)12-14-6-3-4-8-16(14)19/h3-11H,12H2,1-2H3. The molecule has 0 aliphatic carbocycles. The molecule has 6 heteroatoms. The third-order valence-corrected chi connectivity index (χ3v) is 5.83. The van der Waals surface area contributed by atoms with E-state index in [1.54, 1.807) is 48.7 Å². The normalized spacial score (nSPS) is 12.0. The molecule has 0 saturated heterocycles. The van der Waals surface area contributed by atoms with Crippen molar-refractivity contribution in [2.75, 3.05) is 7.05 Å². The molecule has 0 radical (unpaired) electrons. The van der Waals surface area contributed by atoms with E-state index in [-0.39, 0.29) is 11.4 Å². The summed E-state index contributed by atoms with van der Waals surface area (Å²) in [6.07, 6.45) is 1.63. The Morgan fingerprint density at radius 3 is 2.58 bits per heavy atom. The van der Waals surface area contributed by atoms with Crippen molar-refractivity contribution < 1.29 is 12.8 Å². The van der Waals surface area contributed by atoms with Gasteiger partial charge in [0.2, 0.25) is 10.0 Å². The van der Waals surface area contributed by atoms with Gasteiger partial charge in [-0.25, -0.2) is 12.8 Å². The van der Waals surface area contributed by atoms with Crippen molar-refractivity contribution in [1.82, 2.24) is 9.29 Å². The van der Waals surface area contributed by atoms with Gasteiger partial charge in [-0.05, 0) is 36.8 Å². The Labute approximate surface area is 140 Å². The van der Waals surface area contributed by atoms with Gasteiger partial charge >= 0.3 is 0 Å². The van der Waals surface area contributed by atoms with Crippen molar-refractivity contribution in [2.24, 2.45) is 0 Å². The third kappa shape index (κ3) is 2.90. The Balaban J connectivity index is 2.05. The maximum absolute atomic E-state index is 13.8. The summed E-state index contributed by atoms with van der Waals surface area (Å²) in [6, 6.07) is 12.9. The molecule has 124 valence electrons. The second kappa shape index (κ2) is 6.30. The Morgan fingerprint density at radius 2 is 1.83 bits per heavy atom. The smallest absolute Gasteiger partial charge is 0.243 e. The van der Waals surface area contributed by atoms with Crippen LogP contribution in [0.25, 0.3) is 10.9 Å². The van der Waals surface area contributed by atoms with E-state index in [1.165, 1.54) is 13.1 Å². The SMILES string of the molecule is Cc1ccc(S(=O)(=O)N(C)Cc2ccccc2F)c2cccnc12. The molecule has 1 aromatic heterocycles. The molecule has 1 heterocycles. The Morgan fingerprint density at radius 1 is 1.08 bits per heavy atom. The molecule has 2 aromatic carbocycles. The lowest BCUT2D eigenvalue weighted by atomic mass is 10.1. The number of hydrogen-bond donors (Lipinski definition) is 0. The summed E-state index contributed by atoms with van der Waals surface area (Å²) in [5.41, 5.74) is 1.89. The van der Waals surface area contributed by atoms with Crippen LogP contribution in [-0.2, 0) is 16.6 Å². The Hall–Kier alpha value is -2.31. The zero-order valence-corrected chi connectivity index (χ0v) is 14.2. The molecule has 0 bridgehead atoms. The molecule has 4 nitrogen and oxygen atoms in total. The lowest BCUT2D eigenvalue weighted by Crippen LogP contribution is -2.27. The van der Waals surface area contributed by atoms with Gasteiger partial charge < -0.3 is 0 Å².